The van der Waals surface area contributed by atoms with Crippen LogP contribution in [0.25, 0.3) is 89.5 Å². The summed E-state index contributed by atoms with van der Waals surface area (Å²) in [5.74, 6) is 0.748. The minimum absolute atomic E-state index is 0.680. The summed E-state index contributed by atoms with van der Waals surface area (Å²) in [5, 5.41) is 19.8. The summed E-state index contributed by atoms with van der Waals surface area (Å²) in [5.41, 5.74) is 11.7. The second-order valence-electron chi connectivity index (χ2n) is 12.4. The molecule has 4 aromatic carbocycles. The van der Waals surface area contributed by atoms with Gasteiger partial charge < -0.3 is 4.42 Å². The van der Waals surface area contributed by atoms with Crippen molar-refractivity contribution in [1.82, 2.24) is 44.5 Å². The molecule has 6 heterocycles. The Balaban J connectivity index is 1.11. The molecule has 0 aliphatic heterocycles. The van der Waals surface area contributed by atoms with E-state index in [0.29, 0.717) is 11.3 Å². The molecule has 0 aliphatic carbocycles. The van der Waals surface area contributed by atoms with E-state index in [-0.39, 0.29) is 0 Å². The molecule has 0 N–H and O–H groups in total. The van der Waals surface area contributed by atoms with Gasteiger partial charge in [0.2, 0.25) is 0 Å². The molecule has 0 saturated carbocycles. The number of aliphatic imine (C=N–C) groups is 1. The average molecular weight is 675 g/mol. The highest BCUT2D eigenvalue weighted by Gasteiger charge is 2.19. The third-order valence-electron chi connectivity index (χ3n) is 9.49. The Hall–Kier alpha value is -7.40. The minimum atomic E-state index is 0.680. The number of hydrogen-bond acceptors (Lipinski definition) is 9. The largest absolute Gasteiger partial charge is 0.459 e. The lowest BCUT2D eigenvalue weighted by Gasteiger charge is -2.08. The summed E-state index contributed by atoms with van der Waals surface area (Å²) < 4.78 is 10.4. The first-order valence-electron chi connectivity index (χ1n) is 16.6. The number of fused-ring (bicyclic) bond motifs is 7. The van der Waals surface area contributed by atoms with Gasteiger partial charge in [0.15, 0.2) is 16.9 Å². The first kappa shape index (κ1) is 29.5. The Morgan fingerprint density at radius 2 is 1.31 bits per heavy atom. The van der Waals surface area contributed by atoms with Crippen LogP contribution in [0.15, 0.2) is 131 Å². The third kappa shape index (κ3) is 4.53. The highest BCUT2D eigenvalue weighted by atomic mass is 16.3. The molecule has 10 rings (SSSR count). The number of nitrogens with zero attached hydrogens (tertiary/aromatic N) is 10. The molecule has 0 saturated heterocycles. The van der Waals surface area contributed by atoms with Gasteiger partial charge in [-0.2, -0.15) is 0 Å². The second-order valence-corrected chi connectivity index (χ2v) is 12.4. The highest BCUT2D eigenvalue weighted by molar-refractivity contribution is 6.08. The van der Waals surface area contributed by atoms with Gasteiger partial charge in [-0.3, -0.25) is 19.1 Å². The standard InChI is InChI=1S/C41H26N10O/c1-24-31(19-33(42-2)25-13-15-29-35(17-25)50(27-9-5-3-6-10-27)40-38(29)48-46-22-44-40)32-20-34(43-21-37(32)52-24)26-14-16-30-36(18-26)51(28-11-7-4-8-12-28)41-39(30)49-47-23-45-41/h3-23H,2H2,1H3/b33-19-. The SMILES string of the molecule is C=N/C(=C\c1c(C)oc2cnc(-c3ccc4c5nncnc5n(-c5ccccc5)c4c3)cc12)c1ccc2c3nncnc3n(-c3ccccc3)c2c1. The number of benzene rings is 4. The fourth-order valence-corrected chi connectivity index (χ4v) is 7.11. The molecule has 0 amide bonds. The fourth-order valence-electron chi connectivity index (χ4n) is 7.11. The van der Waals surface area contributed by atoms with Gasteiger partial charge >= 0.3 is 0 Å². The van der Waals surface area contributed by atoms with E-state index in [1.54, 1.807) is 6.20 Å². The van der Waals surface area contributed by atoms with Crippen molar-refractivity contribution in [3.05, 3.63) is 139 Å². The first-order valence-corrected chi connectivity index (χ1v) is 16.6. The second kappa shape index (κ2) is 11.6. The fraction of sp³-hybridized carbons (Fsp3) is 0.0244. The molecule has 0 unspecified atom stereocenters. The lowest BCUT2D eigenvalue weighted by molar-refractivity contribution is 0.576. The van der Waals surface area contributed by atoms with Crippen molar-refractivity contribution in [3.63, 3.8) is 0 Å². The topological polar surface area (TPSA) is 126 Å². The molecule has 0 radical (unpaired) electrons. The van der Waals surface area contributed by atoms with Crippen molar-refractivity contribution in [2.75, 3.05) is 0 Å². The van der Waals surface area contributed by atoms with Gasteiger partial charge in [-0.15, -0.1) is 20.4 Å². The summed E-state index contributed by atoms with van der Waals surface area (Å²) in [6.45, 7) is 5.91. The maximum atomic E-state index is 6.22. The van der Waals surface area contributed by atoms with Crippen LogP contribution in [0.2, 0.25) is 0 Å². The highest BCUT2D eigenvalue weighted by Crippen LogP contribution is 2.37. The van der Waals surface area contributed by atoms with E-state index in [0.717, 1.165) is 89.0 Å². The Labute approximate surface area is 295 Å². The molecular weight excluding hydrogens is 649 g/mol. The molecular formula is C41H26N10O. The van der Waals surface area contributed by atoms with Gasteiger partial charge in [-0.1, -0.05) is 48.5 Å². The van der Waals surface area contributed by atoms with Crippen LogP contribution in [-0.2, 0) is 0 Å². The van der Waals surface area contributed by atoms with E-state index in [9.17, 15) is 0 Å². The maximum absolute atomic E-state index is 6.22. The lowest BCUT2D eigenvalue weighted by Crippen LogP contribution is -1.96. The van der Waals surface area contributed by atoms with Crippen LogP contribution >= 0.6 is 0 Å². The van der Waals surface area contributed by atoms with E-state index in [4.69, 9.17) is 9.40 Å². The minimum Gasteiger partial charge on any atom is -0.459 e. The number of rotatable bonds is 6. The lowest BCUT2D eigenvalue weighted by atomic mass is 10.0. The van der Waals surface area contributed by atoms with Crippen LogP contribution in [-0.4, -0.2) is 51.2 Å². The van der Waals surface area contributed by atoms with Gasteiger partial charge in [0.05, 0.1) is 28.6 Å². The van der Waals surface area contributed by atoms with Crippen molar-refractivity contribution < 1.29 is 4.42 Å². The zero-order chi connectivity index (χ0) is 34.8. The van der Waals surface area contributed by atoms with Gasteiger partial charge in [0.25, 0.3) is 0 Å². The van der Waals surface area contributed by atoms with E-state index >= 15 is 0 Å². The number of hydrogen-bond donors (Lipinski definition) is 0. The van der Waals surface area contributed by atoms with Gasteiger partial charge in [0, 0.05) is 44.2 Å². The zero-order valence-corrected chi connectivity index (χ0v) is 27.7. The van der Waals surface area contributed by atoms with Crippen molar-refractivity contribution in [2.24, 2.45) is 4.99 Å². The summed E-state index contributed by atoms with van der Waals surface area (Å²) in [6, 6.07) is 34.7. The van der Waals surface area contributed by atoms with Crippen molar-refractivity contribution in [2.45, 2.75) is 6.92 Å². The van der Waals surface area contributed by atoms with E-state index in [1.165, 1.54) is 12.7 Å². The van der Waals surface area contributed by atoms with Crippen LogP contribution in [0.4, 0.5) is 0 Å². The molecule has 11 nitrogen and oxygen atoms in total. The number of aromatic nitrogens is 9. The molecule has 6 aromatic heterocycles. The van der Waals surface area contributed by atoms with E-state index < -0.39 is 0 Å². The van der Waals surface area contributed by atoms with Crippen LogP contribution in [0.5, 0.6) is 0 Å². The average Bonchev–Trinajstić information content (AvgIpc) is 3.83. The summed E-state index contributed by atoms with van der Waals surface area (Å²) in [4.78, 5) is 18.5. The predicted octanol–water partition coefficient (Wildman–Crippen LogP) is 8.57. The summed E-state index contributed by atoms with van der Waals surface area (Å²) in [7, 11) is 0. The number of pyridine rings is 1. The van der Waals surface area contributed by atoms with Gasteiger partial charge in [-0.25, -0.2) is 9.97 Å². The molecule has 0 aliphatic rings. The van der Waals surface area contributed by atoms with Gasteiger partial charge in [-0.05, 0) is 74.3 Å². The smallest absolute Gasteiger partial charge is 0.168 e. The Morgan fingerprint density at radius 1 is 0.692 bits per heavy atom. The Kier molecular flexibility index (Phi) is 6.58. The molecule has 10 aromatic rings. The molecule has 11 heteroatoms. The molecule has 52 heavy (non-hydrogen) atoms. The van der Waals surface area contributed by atoms with E-state index in [1.807, 2.05) is 73.7 Å². The van der Waals surface area contributed by atoms with Crippen molar-refractivity contribution >= 4 is 73.6 Å². The number of aryl methyl sites for hydroxylation is 1. The van der Waals surface area contributed by atoms with Crippen LogP contribution < -0.4 is 0 Å². The van der Waals surface area contributed by atoms with Crippen LogP contribution in [0.1, 0.15) is 16.9 Å². The van der Waals surface area contributed by atoms with Crippen LogP contribution in [0, 0.1) is 6.92 Å². The van der Waals surface area contributed by atoms with Crippen LogP contribution in [0.3, 0.4) is 0 Å². The number of furan rings is 1. The Bertz CT molecular complexity index is 3050. The Morgan fingerprint density at radius 3 is 1.94 bits per heavy atom. The molecule has 0 fully saturated rings. The zero-order valence-electron chi connectivity index (χ0n) is 27.7. The summed E-state index contributed by atoms with van der Waals surface area (Å²) >= 11 is 0. The molecule has 0 spiro atoms. The summed E-state index contributed by atoms with van der Waals surface area (Å²) in [6.07, 6.45) is 6.75. The maximum Gasteiger partial charge on any atom is 0.168 e. The normalized spacial score (nSPS) is 12.1. The third-order valence-corrected chi connectivity index (χ3v) is 9.49. The van der Waals surface area contributed by atoms with Crippen molar-refractivity contribution in [1.29, 1.82) is 0 Å². The quantitative estimate of drug-likeness (QED) is 0.161. The first-order chi connectivity index (χ1) is 25.7. The molecule has 0 bridgehead atoms. The predicted molar refractivity (Wildman–Crippen MR) is 203 cm³/mol. The van der Waals surface area contributed by atoms with Crippen molar-refractivity contribution in [3.8, 4) is 22.6 Å². The van der Waals surface area contributed by atoms with E-state index in [2.05, 4.69) is 93.7 Å². The number of para-hydroxylation sites is 2. The molecule has 246 valence electrons. The van der Waals surface area contributed by atoms with Gasteiger partial charge in [0.1, 0.15) is 29.4 Å². The molecule has 0 atom stereocenters. The monoisotopic (exact) mass is 674 g/mol.